The lowest BCUT2D eigenvalue weighted by atomic mass is 9.92. The molecule has 0 bridgehead atoms. The van der Waals surface area contributed by atoms with E-state index < -0.39 is 9.84 Å². The Hall–Kier alpha value is -1.03. The van der Waals surface area contributed by atoms with E-state index in [0.29, 0.717) is 35.6 Å². The van der Waals surface area contributed by atoms with Gasteiger partial charge in [-0.3, -0.25) is 4.99 Å². The average Bonchev–Trinajstić information content (AvgIpc) is 2.53. The number of hydrogen-bond donors (Lipinski definition) is 1. The van der Waals surface area contributed by atoms with Crippen LogP contribution in [0.25, 0.3) is 0 Å². The molecule has 1 aromatic rings. The molecular formula is C18H30IN3O3S. The van der Waals surface area contributed by atoms with Crippen LogP contribution in [0.4, 0.5) is 0 Å². The number of piperidine rings is 1. The molecule has 1 N–H and O–H groups in total. The Morgan fingerprint density at radius 3 is 2.31 bits per heavy atom. The quantitative estimate of drug-likeness (QED) is 0.295. The molecule has 1 aromatic carbocycles. The van der Waals surface area contributed by atoms with Crippen molar-refractivity contribution >= 4 is 39.8 Å². The second-order valence-electron chi connectivity index (χ2n) is 6.92. The number of nitrogens with one attached hydrogen (secondary N) is 1. The smallest absolute Gasteiger partial charge is 0.193 e. The molecule has 148 valence electrons. The summed E-state index contributed by atoms with van der Waals surface area (Å²) in [5.41, 5.74) is 0. The van der Waals surface area contributed by atoms with Crippen molar-refractivity contribution in [1.29, 1.82) is 0 Å². The molecule has 1 saturated heterocycles. The molecule has 2 rings (SSSR count). The third-order valence-corrected chi connectivity index (χ3v) is 5.41. The topological polar surface area (TPSA) is 71.0 Å². The maximum Gasteiger partial charge on any atom is 0.193 e. The minimum absolute atomic E-state index is 0. The van der Waals surface area contributed by atoms with Crippen LogP contribution in [0.15, 0.2) is 34.2 Å². The maximum atomic E-state index is 11.4. The van der Waals surface area contributed by atoms with Gasteiger partial charge in [0.05, 0.1) is 11.4 Å². The number of ether oxygens (including phenoxy) is 1. The summed E-state index contributed by atoms with van der Waals surface area (Å²) < 4.78 is 28.5. The van der Waals surface area contributed by atoms with Crippen molar-refractivity contribution in [2.24, 2.45) is 16.8 Å². The van der Waals surface area contributed by atoms with Gasteiger partial charge in [-0.05, 0) is 42.5 Å². The summed E-state index contributed by atoms with van der Waals surface area (Å²) in [7, 11) is -1.37. The van der Waals surface area contributed by atoms with Gasteiger partial charge >= 0.3 is 0 Å². The molecule has 0 radical (unpaired) electrons. The first kappa shape index (κ1) is 23.0. The fourth-order valence-electron chi connectivity index (χ4n) is 3.28. The molecule has 0 amide bonds. The molecule has 26 heavy (non-hydrogen) atoms. The summed E-state index contributed by atoms with van der Waals surface area (Å²) in [4.78, 5) is 6.98. The second-order valence-corrected chi connectivity index (χ2v) is 8.93. The van der Waals surface area contributed by atoms with Gasteiger partial charge in [-0.1, -0.05) is 13.8 Å². The third-order valence-electron chi connectivity index (χ3n) is 4.29. The summed E-state index contributed by atoms with van der Waals surface area (Å²) in [6.45, 7) is 7.73. The highest BCUT2D eigenvalue weighted by molar-refractivity contribution is 14.0. The Bertz CT molecular complexity index is 682. The van der Waals surface area contributed by atoms with E-state index in [9.17, 15) is 8.42 Å². The standard InChI is InChI=1S/C18H29N3O3S.HI/c1-14-11-15(2)13-21(12-14)18(19-3)20-9-10-24-16-5-7-17(8-6-16)25(4,22)23;/h5-8,14-15H,9-13H2,1-4H3,(H,19,20);1H. The zero-order chi connectivity index (χ0) is 18.4. The molecule has 2 atom stereocenters. The van der Waals surface area contributed by atoms with Gasteiger partial charge in [-0.2, -0.15) is 0 Å². The van der Waals surface area contributed by atoms with E-state index in [0.717, 1.165) is 19.0 Å². The summed E-state index contributed by atoms with van der Waals surface area (Å²) in [5, 5.41) is 3.34. The summed E-state index contributed by atoms with van der Waals surface area (Å²) in [6.07, 6.45) is 2.46. The van der Waals surface area contributed by atoms with Gasteiger partial charge in [0.15, 0.2) is 15.8 Å². The highest BCUT2D eigenvalue weighted by atomic mass is 127. The maximum absolute atomic E-state index is 11.4. The van der Waals surface area contributed by atoms with Gasteiger partial charge in [0.2, 0.25) is 0 Å². The van der Waals surface area contributed by atoms with E-state index in [4.69, 9.17) is 4.74 Å². The number of rotatable bonds is 5. The minimum atomic E-state index is -3.17. The number of benzene rings is 1. The summed E-state index contributed by atoms with van der Waals surface area (Å²) in [6, 6.07) is 6.49. The van der Waals surface area contributed by atoms with Gasteiger partial charge in [0.25, 0.3) is 0 Å². The van der Waals surface area contributed by atoms with Crippen molar-refractivity contribution in [2.45, 2.75) is 25.2 Å². The Balaban J connectivity index is 0.00000338. The first-order valence-corrected chi connectivity index (χ1v) is 10.6. The van der Waals surface area contributed by atoms with E-state index in [1.807, 2.05) is 0 Å². The number of nitrogens with zero attached hydrogens (tertiary/aromatic N) is 2. The minimum Gasteiger partial charge on any atom is -0.492 e. The van der Waals surface area contributed by atoms with Crippen LogP contribution < -0.4 is 10.1 Å². The SMILES string of the molecule is CN=C(NCCOc1ccc(S(C)(=O)=O)cc1)N1CC(C)CC(C)C1.I. The van der Waals surface area contributed by atoms with E-state index in [-0.39, 0.29) is 24.0 Å². The Labute approximate surface area is 174 Å². The normalized spacial score (nSPS) is 21.1. The largest absolute Gasteiger partial charge is 0.492 e. The van der Waals surface area contributed by atoms with Crippen LogP contribution in [-0.2, 0) is 9.84 Å². The van der Waals surface area contributed by atoms with Crippen molar-refractivity contribution < 1.29 is 13.2 Å². The van der Waals surface area contributed by atoms with Crippen molar-refractivity contribution in [3.63, 3.8) is 0 Å². The van der Waals surface area contributed by atoms with Crippen LogP contribution in [0.1, 0.15) is 20.3 Å². The Kier molecular flexibility index (Phi) is 9.15. The number of likely N-dealkylation sites (tertiary alicyclic amines) is 1. The lowest BCUT2D eigenvalue weighted by Gasteiger charge is -2.37. The molecule has 8 heteroatoms. The Morgan fingerprint density at radius 1 is 1.23 bits per heavy atom. The van der Waals surface area contributed by atoms with E-state index in [1.54, 1.807) is 31.3 Å². The van der Waals surface area contributed by atoms with Gasteiger partial charge in [-0.15, -0.1) is 24.0 Å². The number of aliphatic imine (C=N–C) groups is 1. The molecule has 0 spiro atoms. The van der Waals surface area contributed by atoms with E-state index >= 15 is 0 Å². The molecule has 1 aliphatic heterocycles. The first-order valence-electron chi connectivity index (χ1n) is 8.68. The molecular weight excluding hydrogens is 465 g/mol. The van der Waals surface area contributed by atoms with Gasteiger partial charge < -0.3 is 15.0 Å². The highest BCUT2D eigenvalue weighted by Crippen LogP contribution is 2.20. The van der Waals surface area contributed by atoms with Gasteiger partial charge in [0, 0.05) is 26.4 Å². The lowest BCUT2D eigenvalue weighted by molar-refractivity contribution is 0.207. The van der Waals surface area contributed by atoms with Crippen LogP contribution in [0.2, 0.25) is 0 Å². The molecule has 2 unspecified atom stereocenters. The number of halogens is 1. The van der Waals surface area contributed by atoms with Crippen molar-refractivity contribution in [3.8, 4) is 5.75 Å². The molecule has 1 aliphatic rings. The number of hydrogen-bond acceptors (Lipinski definition) is 4. The molecule has 6 nitrogen and oxygen atoms in total. The highest BCUT2D eigenvalue weighted by Gasteiger charge is 2.23. The zero-order valence-corrected chi connectivity index (χ0v) is 19.1. The average molecular weight is 495 g/mol. The van der Waals surface area contributed by atoms with Crippen molar-refractivity contribution in [2.75, 3.05) is 39.5 Å². The van der Waals surface area contributed by atoms with Gasteiger partial charge in [0.1, 0.15) is 12.4 Å². The fourth-order valence-corrected chi connectivity index (χ4v) is 3.91. The molecule has 1 heterocycles. The van der Waals surface area contributed by atoms with E-state index in [1.165, 1.54) is 12.7 Å². The number of sulfone groups is 1. The lowest BCUT2D eigenvalue weighted by Crippen LogP contribution is -2.49. The monoisotopic (exact) mass is 495 g/mol. The van der Waals surface area contributed by atoms with Gasteiger partial charge in [-0.25, -0.2) is 8.42 Å². The third kappa shape index (κ3) is 6.94. The molecule has 1 fully saturated rings. The Morgan fingerprint density at radius 2 is 1.81 bits per heavy atom. The molecule has 0 saturated carbocycles. The second kappa shape index (κ2) is 10.3. The van der Waals surface area contributed by atoms with Crippen LogP contribution in [-0.4, -0.2) is 58.8 Å². The number of guanidine groups is 1. The van der Waals surface area contributed by atoms with Crippen LogP contribution >= 0.6 is 24.0 Å². The molecule has 0 aromatic heterocycles. The first-order chi connectivity index (χ1) is 11.8. The van der Waals surface area contributed by atoms with Crippen LogP contribution in [0, 0.1) is 11.8 Å². The fraction of sp³-hybridized carbons (Fsp3) is 0.611. The predicted molar refractivity (Wildman–Crippen MR) is 116 cm³/mol. The predicted octanol–water partition coefficient (Wildman–Crippen LogP) is 2.64. The zero-order valence-electron chi connectivity index (χ0n) is 15.9. The molecule has 0 aliphatic carbocycles. The van der Waals surface area contributed by atoms with E-state index in [2.05, 4.69) is 29.1 Å². The van der Waals surface area contributed by atoms with Crippen molar-refractivity contribution in [1.82, 2.24) is 10.2 Å². The van der Waals surface area contributed by atoms with Crippen molar-refractivity contribution in [3.05, 3.63) is 24.3 Å². The van der Waals surface area contributed by atoms with Crippen LogP contribution in [0.3, 0.4) is 0 Å². The summed E-state index contributed by atoms with van der Waals surface area (Å²) >= 11 is 0. The van der Waals surface area contributed by atoms with Crippen LogP contribution in [0.5, 0.6) is 5.75 Å². The summed E-state index contributed by atoms with van der Waals surface area (Å²) in [5.74, 6) is 2.91.